The number of aromatic nitrogens is 4. The van der Waals surface area contributed by atoms with E-state index in [4.69, 9.17) is 4.42 Å². The Balaban J connectivity index is 1.92. The molecule has 21 heavy (non-hydrogen) atoms. The summed E-state index contributed by atoms with van der Waals surface area (Å²) in [6, 6.07) is 9.71. The maximum Gasteiger partial charge on any atom is 0.226 e. The summed E-state index contributed by atoms with van der Waals surface area (Å²) in [5.74, 6) is 1.31. The van der Waals surface area contributed by atoms with Crippen LogP contribution in [-0.2, 0) is 17.3 Å². The molecule has 0 aliphatic carbocycles. The number of benzene rings is 1. The molecule has 1 aromatic carbocycles. The van der Waals surface area contributed by atoms with Crippen molar-refractivity contribution in [2.75, 3.05) is 6.26 Å². The summed E-state index contributed by atoms with van der Waals surface area (Å²) in [5.41, 5.74) is 1.70. The number of aryl methyl sites for hydroxylation is 1. The van der Waals surface area contributed by atoms with Crippen LogP contribution in [0.2, 0.25) is 0 Å². The Bertz CT molecular complexity index is 779. The summed E-state index contributed by atoms with van der Waals surface area (Å²) in [4.78, 5) is 4.51. The molecule has 0 amide bonds. The van der Waals surface area contributed by atoms with Crippen LogP contribution >= 0.6 is 0 Å². The maximum atomic E-state index is 11.6. The van der Waals surface area contributed by atoms with E-state index in [0.717, 1.165) is 17.0 Å². The summed E-state index contributed by atoms with van der Waals surface area (Å²) in [6.45, 7) is 2.30. The van der Waals surface area contributed by atoms with E-state index in [1.165, 1.54) is 0 Å². The van der Waals surface area contributed by atoms with E-state index in [2.05, 4.69) is 15.2 Å². The predicted molar refractivity (Wildman–Crippen MR) is 78.1 cm³/mol. The highest BCUT2D eigenvalue weighted by Gasteiger charge is 2.15. The molecule has 6 nitrogen and oxygen atoms in total. The Kier molecular flexibility index (Phi) is 3.66. The van der Waals surface area contributed by atoms with Crippen molar-refractivity contribution in [3.63, 3.8) is 0 Å². The molecule has 0 radical (unpaired) electrons. The van der Waals surface area contributed by atoms with Gasteiger partial charge < -0.3 is 8.98 Å². The Hall–Kier alpha value is -2.28. The Morgan fingerprint density at radius 2 is 2.05 bits per heavy atom. The summed E-state index contributed by atoms with van der Waals surface area (Å²) >= 11 is 0. The molecule has 2 aromatic heterocycles. The topological polar surface area (TPSA) is 73.8 Å². The molecule has 0 spiro atoms. The van der Waals surface area contributed by atoms with Crippen molar-refractivity contribution in [3.05, 3.63) is 48.1 Å². The highest BCUT2D eigenvalue weighted by atomic mass is 32.2. The third kappa shape index (κ3) is 2.78. The lowest BCUT2D eigenvalue weighted by molar-refractivity contribution is 0.536. The van der Waals surface area contributed by atoms with Gasteiger partial charge in [-0.15, -0.1) is 10.2 Å². The van der Waals surface area contributed by atoms with Crippen LogP contribution in [0.15, 0.2) is 46.2 Å². The lowest BCUT2D eigenvalue weighted by Crippen LogP contribution is -2.06. The summed E-state index contributed by atoms with van der Waals surface area (Å²) < 4.78 is 19.0. The molecule has 0 N–H and O–H groups in total. The molecule has 0 aliphatic rings. The van der Waals surface area contributed by atoms with E-state index in [1.54, 1.807) is 17.2 Å². The first-order valence-electron chi connectivity index (χ1n) is 6.38. The normalized spacial score (nSPS) is 12.5. The van der Waals surface area contributed by atoms with Gasteiger partial charge in [-0.25, -0.2) is 4.98 Å². The second-order valence-electron chi connectivity index (χ2n) is 4.58. The van der Waals surface area contributed by atoms with E-state index >= 15 is 0 Å². The minimum Gasteiger partial charge on any atom is -0.441 e. The molecule has 3 aromatic rings. The molecule has 3 rings (SSSR count). The van der Waals surface area contributed by atoms with Gasteiger partial charge in [0.15, 0.2) is 0 Å². The van der Waals surface area contributed by atoms with Crippen LogP contribution in [0, 0.1) is 6.92 Å². The van der Waals surface area contributed by atoms with Gasteiger partial charge >= 0.3 is 0 Å². The molecule has 108 valence electrons. The zero-order valence-electron chi connectivity index (χ0n) is 11.7. The first-order chi connectivity index (χ1) is 10.1. The molecule has 2 heterocycles. The highest BCUT2D eigenvalue weighted by molar-refractivity contribution is 7.84. The van der Waals surface area contributed by atoms with Gasteiger partial charge in [0.05, 0.1) is 17.3 Å². The first kappa shape index (κ1) is 13.7. The fourth-order valence-corrected chi connectivity index (χ4v) is 2.62. The number of oxazole rings is 1. The first-order valence-corrected chi connectivity index (χ1v) is 7.94. The van der Waals surface area contributed by atoms with Crippen molar-refractivity contribution in [3.8, 4) is 11.5 Å². The van der Waals surface area contributed by atoms with Crippen molar-refractivity contribution in [2.24, 2.45) is 0 Å². The molecule has 0 unspecified atom stereocenters. The zero-order chi connectivity index (χ0) is 14.8. The Morgan fingerprint density at radius 1 is 1.29 bits per heavy atom. The van der Waals surface area contributed by atoms with Crippen molar-refractivity contribution in [1.82, 2.24) is 19.7 Å². The minimum atomic E-state index is -1.19. The van der Waals surface area contributed by atoms with Crippen molar-refractivity contribution >= 4 is 10.8 Å². The quantitative estimate of drug-likeness (QED) is 0.737. The summed E-state index contributed by atoms with van der Waals surface area (Å²) in [7, 11) is -1.19. The molecule has 0 bridgehead atoms. The van der Waals surface area contributed by atoms with E-state index < -0.39 is 10.8 Å². The van der Waals surface area contributed by atoms with Crippen LogP contribution in [0.4, 0.5) is 0 Å². The molecule has 0 saturated carbocycles. The van der Waals surface area contributed by atoms with Crippen LogP contribution in [-0.4, -0.2) is 30.2 Å². The van der Waals surface area contributed by atoms with Crippen LogP contribution < -0.4 is 0 Å². The lowest BCUT2D eigenvalue weighted by atomic mass is 10.2. The van der Waals surface area contributed by atoms with Crippen molar-refractivity contribution < 1.29 is 8.63 Å². The highest BCUT2D eigenvalue weighted by Crippen LogP contribution is 2.22. The largest absolute Gasteiger partial charge is 0.441 e. The maximum absolute atomic E-state index is 11.6. The molecule has 0 aliphatic heterocycles. The second kappa shape index (κ2) is 5.61. The summed E-state index contributed by atoms with van der Waals surface area (Å²) in [5, 5.41) is 8.09. The molecular weight excluding hydrogens is 288 g/mol. The smallest absolute Gasteiger partial charge is 0.226 e. The van der Waals surface area contributed by atoms with Gasteiger partial charge in [-0.3, -0.25) is 4.21 Å². The van der Waals surface area contributed by atoms with Gasteiger partial charge in [0, 0.05) is 11.8 Å². The zero-order valence-corrected chi connectivity index (χ0v) is 12.5. The van der Waals surface area contributed by atoms with Gasteiger partial charge in [-0.1, -0.05) is 18.2 Å². The van der Waals surface area contributed by atoms with Crippen LogP contribution in [0.3, 0.4) is 0 Å². The van der Waals surface area contributed by atoms with Gasteiger partial charge in [-0.05, 0) is 19.1 Å². The standard InChI is InChI=1S/C14H14N4O2S/c1-10-12(8-18-9-15-17-14(18)21(2)19)16-13(20-10)11-6-4-3-5-7-11/h3-7,9H,8H2,1-2H3/t21-/m0/s1. The number of hydrogen-bond acceptors (Lipinski definition) is 5. The number of nitrogens with zero attached hydrogens (tertiary/aromatic N) is 4. The van der Waals surface area contributed by atoms with Crippen molar-refractivity contribution in [1.29, 1.82) is 0 Å². The SMILES string of the molecule is Cc1oc(-c2ccccc2)nc1Cn1cnnc1[S@](C)=O. The third-order valence-electron chi connectivity index (χ3n) is 3.07. The van der Waals surface area contributed by atoms with Crippen molar-refractivity contribution in [2.45, 2.75) is 18.6 Å². The lowest BCUT2D eigenvalue weighted by Gasteiger charge is -2.01. The third-order valence-corrected chi connectivity index (χ3v) is 3.90. The van der Waals surface area contributed by atoms with Crippen LogP contribution in [0.25, 0.3) is 11.5 Å². The van der Waals surface area contributed by atoms with E-state index in [1.807, 2.05) is 37.3 Å². The predicted octanol–water partition coefficient (Wildman–Crippen LogP) is 2.03. The second-order valence-corrected chi connectivity index (χ2v) is 5.86. The molecule has 0 fully saturated rings. The number of rotatable bonds is 4. The van der Waals surface area contributed by atoms with E-state index in [9.17, 15) is 4.21 Å². The van der Waals surface area contributed by atoms with Gasteiger partial charge in [0.25, 0.3) is 0 Å². The fourth-order valence-electron chi connectivity index (χ4n) is 2.02. The number of hydrogen-bond donors (Lipinski definition) is 0. The molecule has 0 saturated heterocycles. The molecule has 7 heteroatoms. The van der Waals surface area contributed by atoms with Gasteiger partial charge in [-0.2, -0.15) is 0 Å². The fraction of sp³-hybridized carbons (Fsp3) is 0.214. The van der Waals surface area contributed by atoms with Crippen LogP contribution in [0.5, 0.6) is 0 Å². The average molecular weight is 302 g/mol. The minimum absolute atomic E-state index is 0.429. The van der Waals surface area contributed by atoms with Crippen LogP contribution in [0.1, 0.15) is 11.5 Å². The molecule has 1 atom stereocenters. The molecular formula is C14H14N4O2S. The Morgan fingerprint density at radius 3 is 2.76 bits per heavy atom. The van der Waals surface area contributed by atoms with E-state index in [-0.39, 0.29) is 0 Å². The van der Waals surface area contributed by atoms with Gasteiger partial charge in [0.1, 0.15) is 17.8 Å². The monoisotopic (exact) mass is 302 g/mol. The average Bonchev–Trinajstić information content (AvgIpc) is 3.08. The van der Waals surface area contributed by atoms with Gasteiger partial charge in [0.2, 0.25) is 11.0 Å². The Labute approximate surface area is 124 Å². The van der Waals surface area contributed by atoms with E-state index in [0.29, 0.717) is 17.6 Å². The summed E-state index contributed by atoms with van der Waals surface area (Å²) in [6.07, 6.45) is 3.12.